The van der Waals surface area contributed by atoms with Gasteiger partial charge in [0.25, 0.3) is 5.91 Å². The lowest BCUT2D eigenvalue weighted by Crippen LogP contribution is -2.56. The van der Waals surface area contributed by atoms with Crippen LogP contribution in [0.2, 0.25) is 0 Å². The number of nitrogens with one attached hydrogen (secondary N) is 1. The van der Waals surface area contributed by atoms with E-state index in [4.69, 9.17) is 9.94 Å². The fraction of sp³-hybridized carbons (Fsp3) is 0.417. The van der Waals surface area contributed by atoms with E-state index in [1.807, 2.05) is 0 Å². The third-order valence-electron chi connectivity index (χ3n) is 2.95. The van der Waals surface area contributed by atoms with Crippen LogP contribution >= 0.6 is 0 Å². The lowest BCUT2D eigenvalue weighted by Gasteiger charge is -2.25. The Morgan fingerprint density at radius 2 is 2.09 bits per heavy atom. The standard InChI is InChI=1S/C12H14F3N3O4/c1-18(22-2,5-6-19)11(21)17-10(20)8-7-16-4-3-9(8)12(13,14)15/h3-4,7,19H,5-6H2,1-2H3/p+1. The molecule has 1 rings (SSSR count). The molecule has 1 aromatic rings. The fourth-order valence-corrected chi connectivity index (χ4v) is 1.57. The number of hydroxylamine groups is 3. The van der Waals surface area contributed by atoms with Crippen molar-refractivity contribution in [3.63, 3.8) is 0 Å². The molecule has 10 heteroatoms. The van der Waals surface area contributed by atoms with Gasteiger partial charge in [-0.1, -0.05) is 4.65 Å². The molecule has 22 heavy (non-hydrogen) atoms. The molecule has 1 atom stereocenters. The van der Waals surface area contributed by atoms with Crippen LogP contribution in [0.25, 0.3) is 0 Å². The number of likely N-dealkylation sites (N-methyl/N-ethyl adjacent to an activating group) is 1. The van der Waals surface area contributed by atoms with Gasteiger partial charge in [-0.25, -0.2) is 10.1 Å². The van der Waals surface area contributed by atoms with Crippen molar-refractivity contribution in [1.82, 2.24) is 10.3 Å². The summed E-state index contributed by atoms with van der Waals surface area (Å²) in [7, 11) is 2.40. The van der Waals surface area contributed by atoms with E-state index in [1.54, 1.807) is 5.32 Å². The smallest absolute Gasteiger partial charge is 0.390 e. The highest BCUT2D eigenvalue weighted by atomic mass is 19.4. The number of quaternary nitrogens is 1. The van der Waals surface area contributed by atoms with Crippen LogP contribution in [0.3, 0.4) is 0 Å². The van der Waals surface area contributed by atoms with Gasteiger partial charge in [0.15, 0.2) is 0 Å². The minimum absolute atomic E-state index is 0.186. The molecule has 122 valence electrons. The summed E-state index contributed by atoms with van der Waals surface area (Å²) in [6, 6.07) is -0.379. The summed E-state index contributed by atoms with van der Waals surface area (Å²) in [5.74, 6) is -1.26. The number of alkyl halides is 3. The maximum Gasteiger partial charge on any atom is 0.455 e. The van der Waals surface area contributed by atoms with Gasteiger partial charge in [0.2, 0.25) is 0 Å². The van der Waals surface area contributed by atoms with Crippen molar-refractivity contribution in [2.75, 3.05) is 27.3 Å². The van der Waals surface area contributed by atoms with Gasteiger partial charge in [-0.2, -0.15) is 18.0 Å². The third kappa shape index (κ3) is 4.00. The van der Waals surface area contributed by atoms with Gasteiger partial charge in [0.05, 0.1) is 24.8 Å². The molecule has 0 saturated carbocycles. The van der Waals surface area contributed by atoms with Crippen LogP contribution in [-0.4, -0.2) is 54.0 Å². The predicted octanol–water partition coefficient (Wildman–Crippen LogP) is 0.950. The Morgan fingerprint density at radius 1 is 1.45 bits per heavy atom. The molecule has 0 spiro atoms. The van der Waals surface area contributed by atoms with E-state index in [9.17, 15) is 22.8 Å². The molecule has 1 unspecified atom stereocenters. The van der Waals surface area contributed by atoms with E-state index < -0.39 is 40.5 Å². The maximum atomic E-state index is 12.8. The first-order chi connectivity index (χ1) is 10.2. The van der Waals surface area contributed by atoms with Gasteiger partial charge < -0.3 is 5.11 Å². The summed E-state index contributed by atoms with van der Waals surface area (Å²) in [6.07, 6.45) is -3.15. The number of hydrogen-bond acceptors (Lipinski definition) is 5. The molecule has 0 radical (unpaired) electrons. The normalized spacial score (nSPS) is 14.3. The SMILES string of the molecule is CO[N+](C)(CCO)C(=O)NC(=O)c1cnccc1C(F)(F)F. The fourth-order valence-electron chi connectivity index (χ4n) is 1.57. The number of nitrogens with zero attached hydrogens (tertiary/aromatic N) is 2. The zero-order valence-electron chi connectivity index (χ0n) is 11.8. The van der Waals surface area contributed by atoms with Crippen LogP contribution in [0.15, 0.2) is 18.5 Å². The zero-order valence-corrected chi connectivity index (χ0v) is 11.8. The summed E-state index contributed by atoms with van der Waals surface area (Å²) >= 11 is 0. The number of halogens is 3. The molecule has 0 aliphatic heterocycles. The number of aliphatic hydroxyl groups excluding tert-OH is 1. The average molecular weight is 322 g/mol. The van der Waals surface area contributed by atoms with Gasteiger partial charge in [-0.05, 0) is 6.07 Å². The van der Waals surface area contributed by atoms with Crippen molar-refractivity contribution >= 4 is 11.9 Å². The van der Waals surface area contributed by atoms with E-state index in [1.165, 1.54) is 7.05 Å². The molecule has 7 nitrogen and oxygen atoms in total. The van der Waals surface area contributed by atoms with E-state index >= 15 is 0 Å². The summed E-state index contributed by atoms with van der Waals surface area (Å²) in [4.78, 5) is 32.1. The van der Waals surface area contributed by atoms with Gasteiger partial charge in [0, 0.05) is 12.4 Å². The van der Waals surface area contributed by atoms with E-state index in [0.717, 1.165) is 13.3 Å². The number of aromatic nitrogens is 1. The second kappa shape index (κ2) is 6.81. The molecular formula is C12H15F3N3O4+. The summed E-state index contributed by atoms with van der Waals surface area (Å²) in [5.41, 5.74) is -1.99. The highest BCUT2D eigenvalue weighted by Crippen LogP contribution is 2.31. The number of amides is 3. The van der Waals surface area contributed by atoms with Crippen LogP contribution in [-0.2, 0) is 11.0 Å². The van der Waals surface area contributed by atoms with Crippen LogP contribution < -0.4 is 5.32 Å². The Balaban J connectivity index is 3.02. The van der Waals surface area contributed by atoms with Crippen LogP contribution in [0.4, 0.5) is 18.0 Å². The van der Waals surface area contributed by atoms with Gasteiger partial charge in [0.1, 0.15) is 13.6 Å². The number of rotatable bonds is 4. The van der Waals surface area contributed by atoms with E-state index in [0.29, 0.717) is 12.3 Å². The number of urea groups is 1. The first-order valence-corrected chi connectivity index (χ1v) is 6.05. The highest BCUT2D eigenvalue weighted by molar-refractivity contribution is 6.03. The second-order valence-corrected chi connectivity index (χ2v) is 4.41. The number of carbonyl (C=O) groups excluding carboxylic acids is 2. The van der Waals surface area contributed by atoms with Crippen LogP contribution in [0, 0.1) is 0 Å². The molecule has 0 bridgehead atoms. The Labute approximate surface area is 123 Å². The minimum Gasteiger partial charge on any atom is -0.390 e. The zero-order chi connectivity index (χ0) is 17.0. The molecule has 0 fully saturated rings. The maximum absolute atomic E-state index is 12.8. The Kier molecular flexibility index (Phi) is 5.58. The average Bonchev–Trinajstić information content (AvgIpc) is 2.46. The van der Waals surface area contributed by atoms with E-state index in [-0.39, 0.29) is 6.54 Å². The highest BCUT2D eigenvalue weighted by Gasteiger charge is 2.38. The topological polar surface area (TPSA) is 88.5 Å². The summed E-state index contributed by atoms with van der Waals surface area (Å²) < 4.78 is 37.6. The van der Waals surface area contributed by atoms with Gasteiger partial charge >= 0.3 is 12.2 Å². The van der Waals surface area contributed by atoms with Crippen LogP contribution in [0.5, 0.6) is 0 Å². The predicted molar refractivity (Wildman–Crippen MR) is 67.2 cm³/mol. The molecule has 0 aliphatic rings. The molecule has 3 amide bonds. The number of imide groups is 1. The van der Waals surface area contributed by atoms with Crippen molar-refractivity contribution < 1.29 is 37.4 Å². The number of hydrogen-bond donors (Lipinski definition) is 2. The van der Waals surface area contributed by atoms with Gasteiger partial charge in [-0.15, -0.1) is 0 Å². The lowest BCUT2D eigenvalue weighted by molar-refractivity contribution is -1.02. The van der Waals surface area contributed by atoms with Crippen molar-refractivity contribution in [2.24, 2.45) is 0 Å². The Morgan fingerprint density at radius 3 is 2.59 bits per heavy atom. The molecule has 0 saturated heterocycles. The van der Waals surface area contributed by atoms with Crippen molar-refractivity contribution in [3.05, 3.63) is 29.6 Å². The monoisotopic (exact) mass is 322 g/mol. The molecule has 0 aromatic carbocycles. The molecular weight excluding hydrogens is 307 g/mol. The summed E-state index contributed by atoms with van der Waals surface area (Å²) in [5, 5.41) is 10.7. The lowest BCUT2D eigenvalue weighted by atomic mass is 10.1. The molecule has 0 aliphatic carbocycles. The van der Waals surface area contributed by atoms with Crippen LogP contribution in [0.1, 0.15) is 15.9 Å². The van der Waals surface area contributed by atoms with Crippen molar-refractivity contribution in [3.8, 4) is 0 Å². The van der Waals surface area contributed by atoms with E-state index in [2.05, 4.69) is 4.98 Å². The second-order valence-electron chi connectivity index (χ2n) is 4.41. The number of aliphatic hydroxyl groups is 1. The molecule has 1 heterocycles. The Hall–Kier alpha value is -2.04. The molecule has 1 aromatic heterocycles. The van der Waals surface area contributed by atoms with Gasteiger partial charge in [-0.3, -0.25) is 9.78 Å². The van der Waals surface area contributed by atoms with Crippen molar-refractivity contribution in [2.45, 2.75) is 6.18 Å². The largest absolute Gasteiger partial charge is 0.455 e. The number of pyridine rings is 1. The minimum atomic E-state index is -4.76. The summed E-state index contributed by atoms with van der Waals surface area (Å²) in [6.45, 7) is -0.610. The first-order valence-electron chi connectivity index (χ1n) is 6.05. The first kappa shape index (κ1) is 18.0. The quantitative estimate of drug-likeness (QED) is 0.636. The number of carbonyl (C=O) groups is 2. The van der Waals surface area contributed by atoms with Crippen molar-refractivity contribution in [1.29, 1.82) is 0 Å². The Bertz CT molecular complexity index is 565. The third-order valence-corrected chi connectivity index (χ3v) is 2.95. The molecule has 2 N–H and O–H groups in total.